The van der Waals surface area contributed by atoms with Gasteiger partial charge in [0.1, 0.15) is 5.02 Å². The lowest BCUT2D eigenvalue weighted by Crippen LogP contribution is -2.31. The third-order valence-corrected chi connectivity index (χ3v) is 3.70. The van der Waals surface area contributed by atoms with Crippen LogP contribution in [0.5, 0.6) is 0 Å². The van der Waals surface area contributed by atoms with Crippen LogP contribution in [0.25, 0.3) is 0 Å². The van der Waals surface area contributed by atoms with E-state index in [1.807, 2.05) is 6.92 Å². The van der Waals surface area contributed by atoms with Crippen molar-refractivity contribution in [1.29, 1.82) is 0 Å². The van der Waals surface area contributed by atoms with Crippen molar-refractivity contribution < 1.29 is 4.92 Å². The standard InChI is InChI=1S/C13H18ClN3O2/c1-9-6-13(17(18)19)11(14)7-12(9)16-10-4-2-3-5-15-8-10/h6-7,10,15-16H,2-5,8H2,1H3. The molecule has 1 aromatic rings. The highest BCUT2D eigenvalue weighted by atomic mass is 35.5. The summed E-state index contributed by atoms with van der Waals surface area (Å²) in [5.74, 6) is 0. The number of rotatable bonds is 3. The third-order valence-electron chi connectivity index (χ3n) is 3.40. The number of nitro groups is 1. The number of hydrogen-bond acceptors (Lipinski definition) is 4. The summed E-state index contributed by atoms with van der Waals surface area (Å²) in [4.78, 5) is 10.4. The Labute approximate surface area is 117 Å². The second-order valence-corrected chi connectivity index (χ2v) is 5.32. The Balaban J connectivity index is 2.16. The van der Waals surface area contributed by atoms with Crippen molar-refractivity contribution in [2.75, 3.05) is 18.4 Å². The molecule has 1 unspecified atom stereocenters. The van der Waals surface area contributed by atoms with Gasteiger partial charge >= 0.3 is 0 Å². The van der Waals surface area contributed by atoms with Crippen molar-refractivity contribution in [3.8, 4) is 0 Å². The summed E-state index contributed by atoms with van der Waals surface area (Å²) in [6.45, 7) is 3.82. The zero-order valence-electron chi connectivity index (χ0n) is 10.9. The molecule has 2 N–H and O–H groups in total. The van der Waals surface area contributed by atoms with Crippen molar-refractivity contribution in [3.05, 3.63) is 32.8 Å². The predicted molar refractivity (Wildman–Crippen MR) is 77.0 cm³/mol. The summed E-state index contributed by atoms with van der Waals surface area (Å²) in [6, 6.07) is 3.52. The van der Waals surface area contributed by atoms with Crippen LogP contribution in [-0.4, -0.2) is 24.1 Å². The molecule has 1 aromatic carbocycles. The van der Waals surface area contributed by atoms with E-state index in [4.69, 9.17) is 11.6 Å². The van der Waals surface area contributed by atoms with Gasteiger partial charge in [0.15, 0.2) is 0 Å². The van der Waals surface area contributed by atoms with Crippen molar-refractivity contribution in [2.24, 2.45) is 0 Å². The van der Waals surface area contributed by atoms with Crippen molar-refractivity contribution in [3.63, 3.8) is 0 Å². The van der Waals surface area contributed by atoms with Gasteiger partial charge in [0.25, 0.3) is 5.69 Å². The summed E-state index contributed by atoms with van der Waals surface area (Å²) < 4.78 is 0. The van der Waals surface area contributed by atoms with E-state index in [1.165, 1.54) is 18.9 Å². The van der Waals surface area contributed by atoms with Gasteiger partial charge in [0.05, 0.1) is 4.92 Å². The molecule has 1 fully saturated rings. The summed E-state index contributed by atoms with van der Waals surface area (Å²) in [7, 11) is 0. The van der Waals surface area contributed by atoms with E-state index in [1.54, 1.807) is 6.07 Å². The fraction of sp³-hybridized carbons (Fsp3) is 0.538. The Morgan fingerprint density at radius 1 is 1.47 bits per heavy atom. The second kappa shape index (κ2) is 6.21. The maximum atomic E-state index is 10.8. The van der Waals surface area contributed by atoms with Gasteiger partial charge in [-0.05, 0) is 37.9 Å². The number of halogens is 1. The summed E-state index contributed by atoms with van der Waals surface area (Å²) in [5, 5.41) is 17.8. The Morgan fingerprint density at radius 2 is 2.26 bits per heavy atom. The second-order valence-electron chi connectivity index (χ2n) is 4.92. The van der Waals surface area contributed by atoms with Crippen LogP contribution in [0.2, 0.25) is 5.02 Å². The molecule has 1 aliphatic heterocycles. The summed E-state index contributed by atoms with van der Waals surface area (Å²) in [5.41, 5.74) is 1.69. The first kappa shape index (κ1) is 14.1. The zero-order valence-corrected chi connectivity index (χ0v) is 11.7. The molecule has 1 aliphatic rings. The number of benzene rings is 1. The van der Waals surface area contributed by atoms with Gasteiger partial charge in [-0.1, -0.05) is 18.0 Å². The van der Waals surface area contributed by atoms with Crippen LogP contribution in [0, 0.1) is 17.0 Å². The number of nitro benzene ring substituents is 1. The molecule has 5 nitrogen and oxygen atoms in total. The SMILES string of the molecule is Cc1cc([N+](=O)[O-])c(Cl)cc1NC1CCCCNC1. The van der Waals surface area contributed by atoms with Crippen molar-refractivity contribution in [2.45, 2.75) is 32.2 Å². The number of aryl methyl sites for hydroxylation is 1. The summed E-state index contributed by atoms with van der Waals surface area (Å²) in [6.07, 6.45) is 3.48. The molecule has 0 aliphatic carbocycles. The van der Waals surface area contributed by atoms with Crippen LogP contribution in [0.4, 0.5) is 11.4 Å². The van der Waals surface area contributed by atoms with Crippen molar-refractivity contribution in [1.82, 2.24) is 5.32 Å². The van der Waals surface area contributed by atoms with E-state index < -0.39 is 4.92 Å². The van der Waals surface area contributed by atoms with E-state index in [0.717, 1.165) is 30.8 Å². The molecule has 104 valence electrons. The molecular weight excluding hydrogens is 266 g/mol. The Bertz CT molecular complexity index is 471. The molecule has 0 amide bonds. The van der Waals surface area contributed by atoms with Gasteiger partial charge in [0.2, 0.25) is 0 Å². The highest BCUT2D eigenvalue weighted by Gasteiger charge is 2.17. The normalized spacial score (nSPS) is 19.8. The molecule has 0 aromatic heterocycles. The van der Waals surface area contributed by atoms with E-state index in [0.29, 0.717) is 6.04 Å². The minimum absolute atomic E-state index is 0.0382. The van der Waals surface area contributed by atoms with Crippen LogP contribution >= 0.6 is 11.6 Å². The fourth-order valence-corrected chi connectivity index (χ4v) is 2.56. The Hall–Kier alpha value is -1.33. The molecule has 1 heterocycles. The average Bonchev–Trinajstić information content (AvgIpc) is 2.61. The first-order valence-electron chi connectivity index (χ1n) is 6.49. The van der Waals surface area contributed by atoms with Crippen molar-refractivity contribution >= 4 is 23.0 Å². The van der Waals surface area contributed by atoms with E-state index in [9.17, 15) is 10.1 Å². The number of hydrogen-bond donors (Lipinski definition) is 2. The smallest absolute Gasteiger partial charge is 0.288 e. The maximum absolute atomic E-state index is 10.8. The minimum Gasteiger partial charge on any atom is -0.381 e. The van der Waals surface area contributed by atoms with Gasteiger partial charge in [-0.25, -0.2) is 0 Å². The van der Waals surface area contributed by atoms with Crippen LogP contribution in [-0.2, 0) is 0 Å². The van der Waals surface area contributed by atoms with Gasteiger partial charge in [-0.3, -0.25) is 10.1 Å². The summed E-state index contributed by atoms with van der Waals surface area (Å²) >= 11 is 5.95. The Morgan fingerprint density at radius 3 is 3.00 bits per heavy atom. The molecule has 1 atom stereocenters. The monoisotopic (exact) mass is 283 g/mol. The third kappa shape index (κ3) is 3.58. The molecule has 2 rings (SSSR count). The highest BCUT2D eigenvalue weighted by Crippen LogP contribution is 2.31. The van der Waals surface area contributed by atoms with Gasteiger partial charge in [0, 0.05) is 24.3 Å². The number of nitrogens with one attached hydrogen (secondary N) is 2. The molecule has 6 heteroatoms. The lowest BCUT2D eigenvalue weighted by molar-refractivity contribution is -0.384. The van der Waals surface area contributed by atoms with Gasteiger partial charge in [-0.2, -0.15) is 0 Å². The van der Waals surface area contributed by atoms with Crippen LogP contribution < -0.4 is 10.6 Å². The quantitative estimate of drug-likeness (QED) is 0.661. The zero-order chi connectivity index (χ0) is 13.8. The largest absolute Gasteiger partial charge is 0.381 e. The molecule has 19 heavy (non-hydrogen) atoms. The topological polar surface area (TPSA) is 67.2 Å². The molecule has 0 saturated carbocycles. The minimum atomic E-state index is -0.452. The Kier molecular flexibility index (Phi) is 4.61. The lowest BCUT2D eigenvalue weighted by Gasteiger charge is -2.19. The molecular formula is C13H18ClN3O2. The fourth-order valence-electron chi connectivity index (χ4n) is 2.32. The lowest BCUT2D eigenvalue weighted by atomic mass is 10.1. The van der Waals surface area contributed by atoms with Crippen LogP contribution in [0.15, 0.2) is 12.1 Å². The predicted octanol–water partition coefficient (Wildman–Crippen LogP) is 3.11. The number of anilines is 1. The van der Waals surface area contributed by atoms with Crippen LogP contribution in [0.1, 0.15) is 24.8 Å². The molecule has 0 radical (unpaired) electrons. The maximum Gasteiger partial charge on any atom is 0.288 e. The van der Waals surface area contributed by atoms with E-state index in [-0.39, 0.29) is 10.7 Å². The average molecular weight is 284 g/mol. The molecule has 0 spiro atoms. The molecule has 1 saturated heterocycles. The van der Waals surface area contributed by atoms with Crippen LogP contribution in [0.3, 0.4) is 0 Å². The van der Waals surface area contributed by atoms with E-state index >= 15 is 0 Å². The van der Waals surface area contributed by atoms with E-state index in [2.05, 4.69) is 10.6 Å². The first-order chi connectivity index (χ1) is 9.08. The highest BCUT2D eigenvalue weighted by molar-refractivity contribution is 6.33. The molecule has 0 bridgehead atoms. The van der Waals surface area contributed by atoms with Gasteiger partial charge < -0.3 is 10.6 Å². The number of nitrogens with zero attached hydrogens (tertiary/aromatic N) is 1. The first-order valence-corrected chi connectivity index (χ1v) is 6.87. The van der Waals surface area contributed by atoms with Gasteiger partial charge in [-0.15, -0.1) is 0 Å².